The minimum Gasteiger partial charge on any atom is -0.493 e. The van der Waals surface area contributed by atoms with Gasteiger partial charge in [0, 0.05) is 23.4 Å². The van der Waals surface area contributed by atoms with Crippen LogP contribution in [0.15, 0.2) is 71.9 Å². The molecule has 1 aliphatic rings. The number of nitrogens with one attached hydrogen (secondary N) is 1. The number of ether oxygens (including phenoxy) is 4. The summed E-state index contributed by atoms with van der Waals surface area (Å²) in [5.74, 6) is -5.50. The highest BCUT2D eigenvalue weighted by atomic mass is 19.4. The van der Waals surface area contributed by atoms with Crippen LogP contribution in [0, 0.1) is 0 Å². The molecule has 0 atom stereocenters. The van der Waals surface area contributed by atoms with Gasteiger partial charge in [-0.3, -0.25) is 14.6 Å². The molecule has 1 aliphatic carbocycles. The summed E-state index contributed by atoms with van der Waals surface area (Å²) in [6.45, 7) is 0. The maximum absolute atomic E-state index is 13.6. The molecule has 0 bridgehead atoms. The van der Waals surface area contributed by atoms with E-state index in [9.17, 15) is 49.1 Å². The van der Waals surface area contributed by atoms with Gasteiger partial charge in [0.15, 0.2) is 28.8 Å². The van der Waals surface area contributed by atoms with Crippen molar-refractivity contribution in [1.29, 1.82) is 0 Å². The molecular formula is C32H25F9N2O8. The number of carboxylic acids is 1. The lowest BCUT2D eigenvalue weighted by Gasteiger charge is -2.27. The molecular weight excluding hydrogens is 711 g/mol. The third kappa shape index (κ3) is 12.3. The number of benzene rings is 2. The third-order valence-corrected chi connectivity index (χ3v) is 6.50. The molecule has 0 aliphatic heterocycles. The Labute approximate surface area is 282 Å². The second-order valence-corrected chi connectivity index (χ2v) is 10.2. The van der Waals surface area contributed by atoms with E-state index in [1.165, 1.54) is 48.7 Å². The second-order valence-electron chi connectivity index (χ2n) is 10.2. The lowest BCUT2D eigenvalue weighted by Crippen LogP contribution is -2.39. The number of aliphatic carboxylic acids is 1. The molecule has 274 valence electrons. The Morgan fingerprint density at radius 3 is 1.57 bits per heavy atom. The van der Waals surface area contributed by atoms with Gasteiger partial charge in [-0.05, 0) is 72.5 Å². The quantitative estimate of drug-likeness (QED) is 0.183. The molecule has 51 heavy (non-hydrogen) atoms. The van der Waals surface area contributed by atoms with Crippen LogP contribution in [0.4, 0.5) is 39.5 Å². The maximum atomic E-state index is 13.6. The SMILES string of the molecule is COc1ccc(/C=C2\CC(NC(=O)c3ccccn3)C/C(=C\c3ccc(OC)c(OC(F)(F)F)c3)C2=O)cc1OC(F)(F)F.O=C(O)C(F)(F)F. The molecule has 0 spiro atoms. The van der Waals surface area contributed by atoms with Crippen molar-refractivity contribution in [3.05, 3.63) is 88.8 Å². The van der Waals surface area contributed by atoms with Gasteiger partial charge in [-0.25, -0.2) is 4.79 Å². The van der Waals surface area contributed by atoms with Crippen molar-refractivity contribution in [1.82, 2.24) is 10.3 Å². The maximum Gasteiger partial charge on any atom is 0.573 e. The number of carbonyl (C=O) groups is 3. The van der Waals surface area contributed by atoms with Gasteiger partial charge < -0.3 is 29.4 Å². The number of Topliss-reactive ketones (excluding diaryl/α,β-unsaturated/α-hetero) is 1. The summed E-state index contributed by atoms with van der Waals surface area (Å²) in [5.41, 5.74) is 0.646. The minimum atomic E-state index is -5.08. The van der Waals surface area contributed by atoms with E-state index in [0.29, 0.717) is 0 Å². The van der Waals surface area contributed by atoms with Crippen LogP contribution >= 0.6 is 0 Å². The summed E-state index contributed by atoms with van der Waals surface area (Å²) < 4.78 is 128. The summed E-state index contributed by atoms with van der Waals surface area (Å²) >= 11 is 0. The molecule has 1 fully saturated rings. The van der Waals surface area contributed by atoms with E-state index >= 15 is 0 Å². The standard InChI is InChI=1S/C30H24F6N2O6.C2HF3O2/c1-41-23-8-6-17(13-25(23)43-29(31,32)33)11-19-15-21(38-28(40)22-5-3-4-10-37-22)16-20(27(19)39)12-18-7-9-24(42-2)26(14-18)44-30(34,35)36;3-2(4,5)1(6)7/h3-14,21H,15-16H2,1-2H3,(H,38,40);(H,6,7)/b19-11+,20-12+;. The Bertz CT molecular complexity index is 1700. The molecule has 1 heterocycles. The zero-order valence-electron chi connectivity index (χ0n) is 26.1. The number of hydrogen-bond acceptors (Lipinski definition) is 8. The first-order valence-corrected chi connectivity index (χ1v) is 14.0. The number of hydrogen-bond donors (Lipinski definition) is 2. The average molecular weight is 737 g/mol. The molecule has 2 N–H and O–H groups in total. The molecule has 2 aromatic carbocycles. The Hall–Kier alpha value is -5.75. The number of nitrogens with zero attached hydrogens (tertiary/aromatic N) is 1. The van der Waals surface area contributed by atoms with Gasteiger partial charge in [-0.2, -0.15) is 13.2 Å². The predicted octanol–water partition coefficient (Wildman–Crippen LogP) is 7.16. The van der Waals surface area contributed by atoms with Crippen LogP contribution < -0.4 is 24.3 Å². The Balaban J connectivity index is 0.000000908. The molecule has 3 aromatic rings. The first kappa shape index (κ1) is 39.7. The minimum absolute atomic E-state index is 0.0126. The van der Waals surface area contributed by atoms with Gasteiger partial charge in [0.05, 0.1) is 14.2 Å². The Morgan fingerprint density at radius 2 is 1.22 bits per heavy atom. The van der Waals surface area contributed by atoms with E-state index in [1.807, 2.05) is 0 Å². The van der Waals surface area contributed by atoms with Crippen molar-refractivity contribution < 1.29 is 78.0 Å². The Kier molecular flexibility index (Phi) is 12.7. The van der Waals surface area contributed by atoms with Crippen LogP contribution in [0.1, 0.15) is 34.5 Å². The number of ketones is 1. The van der Waals surface area contributed by atoms with Gasteiger partial charge >= 0.3 is 24.9 Å². The number of carboxylic acid groups (broad SMARTS) is 1. The second kappa shape index (κ2) is 16.3. The van der Waals surface area contributed by atoms with Crippen molar-refractivity contribution >= 4 is 29.8 Å². The number of aromatic nitrogens is 1. The number of alkyl halides is 9. The zero-order valence-corrected chi connectivity index (χ0v) is 26.1. The molecule has 0 radical (unpaired) electrons. The average Bonchev–Trinajstić information content (AvgIpc) is 3.02. The summed E-state index contributed by atoms with van der Waals surface area (Å²) in [6.07, 6.45) is -11.0. The first-order valence-electron chi connectivity index (χ1n) is 14.0. The summed E-state index contributed by atoms with van der Waals surface area (Å²) in [5, 5.41) is 9.91. The summed E-state index contributed by atoms with van der Waals surface area (Å²) in [6, 6.07) is 11.4. The number of pyridine rings is 1. The van der Waals surface area contributed by atoms with Gasteiger partial charge in [0.25, 0.3) is 5.91 Å². The highest BCUT2D eigenvalue weighted by molar-refractivity contribution is 6.14. The van der Waals surface area contributed by atoms with Crippen molar-refractivity contribution in [2.24, 2.45) is 0 Å². The number of rotatable bonds is 8. The molecule has 1 saturated carbocycles. The fraction of sp³-hybridized carbons (Fsp3) is 0.250. The van der Waals surface area contributed by atoms with E-state index in [-0.39, 0.29) is 52.3 Å². The van der Waals surface area contributed by atoms with Gasteiger partial charge in [-0.1, -0.05) is 18.2 Å². The largest absolute Gasteiger partial charge is 0.573 e. The summed E-state index contributed by atoms with van der Waals surface area (Å²) in [4.78, 5) is 39.3. The predicted molar refractivity (Wildman–Crippen MR) is 159 cm³/mol. The topological polar surface area (TPSA) is 133 Å². The van der Waals surface area contributed by atoms with Crippen molar-refractivity contribution in [2.75, 3.05) is 14.2 Å². The fourth-order valence-electron chi connectivity index (χ4n) is 4.48. The van der Waals surface area contributed by atoms with E-state index in [0.717, 1.165) is 26.4 Å². The number of carbonyl (C=O) groups excluding carboxylic acids is 2. The molecule has 1 amide bonds. The van der Waals surface area contributed by atoms with Crippen LogP contribution in [0.3, 0.4) is 0 Å². The molecule has 1 aromatic heterocycles. The molecule has 19 heteroatoms. The number of methoxy groups -OCH3 is 2. The normalized spacial score (nSPS) is 16.5. The van der Waals surface area contributed by atoms with Crippen LogP contribution in [-0.4, -0.2) is 66.9 Å². The van der Waals surface area contributed by atoms with Crippen LogP contribution in [0.25, 0.3) is 12.2 Å². The highest BCUT2D eigenvalue weighted by Gasteiger charge is 2.38. The van der Waals surface area contributed by atoms with E-state index in [4.69, 9.17) is 19.4 Å². The van der Waals surface area contributed by atoms with Crippen LogP contribution in [0.5, 0.6) is 23.0 Å². The number of halogens is 9. The zero-order chi connectivity index (χ0) is 38.1. The molecule has 4 rings (SSSR count). The van der Waals surface area contributed by atoms with E-state index in [1.54, 1.807) is 12.1 Å². The van der Waals surface area contributed by atoms with Gasteiger partial charge in [-0.15, -0.1) is 26.3 Å². The van der Waals surface area contributed by atoms with Crippen molar-refractivity contribution in [2.45, 2.75) is 37.8 Å². The summed E-state index contributed by atoms with van der Waals surface area (Å²) in [7, 11) is 2.33. The van der Waals surface area contributed by atoms with Crippen molar-refractivity contribution in [3.63, 3.8) is 0 Å². The smallest absolute Gasteiger partial charge is 0.493 e. The third-order valence-electron chi connectivity index (χ3n) is 6.50. The molecule has 0 unspecified atom stereocenters. The molecule has 0 saturated heterocycles. The van der Waals surface area contributed by atoms with Gasteiger partial charge in [0.1, 0.15) is 5.69 Å². The highest BCUT2D eigenvalue weighted by Crippen LogP contribution is 2.37. The van der Waals surface area contributed by atoms with Crippen molar-refractivity contribution in [3.8, 4) is 23.0 Å². The fourth-order valence-corrected chi connectivity index (χ4v) is 4.48. The molecule has 10 nitrogen and oxygen atoms in total. The Morgan fingerprint density at radius 1 is 0.765 bits per heavy atom. The van der Waals surface area contributed by atoms with E-state index in [2.05, 4.69) is 19.8 Å². The first-order chi connectivity index (χ1) is 23.7. The van der Waals surface area contributed by atoms with Crippen LogP contribution in [0.2, 0.25) is 0 Å². The number of amides is 1. The van der Waals surface area contributed by atoms with Crippen LogP contribution in [-0.2, 0) is 9.59 Å². The lowest BCUT2D eigenvalue weighted by molar-refractivity contribution is -0.276. The van der Waals surface area contributed by atoms with Gasteiger partial charge in [0.2, 0.25) is 0 Å². The van der Waals surface area contributed by atoms with E-state index < -0.39 is 54.1 Å². The lowest BCUT2D eigenvalue weighted by atomic mass is 9.83. The monoisotopic (exact) mass is 736 g/mol.